The van der Waals surface area contributed by atoms with Gasteiger partial charge in [-0.1, -0.05) is 35.3 Å². The average molecular weight is 399 g/mol. The van der Waals surface area contributed by atoms with E-state index in [4.69, 9.17) is 23.2 Å². The van der Waals surface area contributed by atoms with Gasteiger partial charge in [-0.15, -0.1) is 0 Å². The van der Waals surface area contributed by atoms with Crippen molar-refractivity contribution >= 4 is 34.6 Å². The molecule has 4 rings (SSSR count). The van der Waals surface area contributed by atoms with Gasteiger partial charge in [0.05, 0.1) is 17.8 Å². The van der Waals surface area contributed by atoms with E-state index < -0.39 is 0 Å². The van der Waals surface area contributed by atoms with E-state index in [0.29, 0.717) is 33.4 Å². The minimum Gasteiger partial charge on any atom is -0.357 e. The van der Waals surface area contributed by atoms with Crippen LogP contribution in [0.25, 0.3) is 16.6 Å². The molecule has 0 radical (unpaired) electrons. The third-order valence-corrected chi connectivity index (χ3v) is 5.05. The zero-order chi connectivity index (χ0) is 19.0. The Balaban J connectivity index is 1.61. The molecule has 0 fully saturated rings. The molecule has 1 amide bonds. The third-order valence-electron chi connectivity index (χ3n) is 4.42. The maximum atomic E-state index is 12.8. The quantitative estimate of drug-likeness (QED) is 0.514. The summed E-state index contributed by atoms with van der Waals surface area (Å²) < 4.78 is 1.99. The number of imidazole rings is 1. The number of nitrogens with one attached hydrogen (secondary N) is 2. The lowest BCUT2D eigenvalue weighted by molar-refractivity contribution is 0.0947. The number of halogens is 2. The Hall–Kier alpha value is -2.76. The van der Waals surface area contributed by atoms with Gasteiger partial charge in [-0.25, -0.2) is 4.98 Å². The summed E-state index contributed by atoms with van der Waals surface area (Å²) in [6.45, 7) is 2.25. The van der Waals surface area contributed by atoms with Gasteiger partial charge in [0.1, 0.15) is 11.5 Å². The zero-order valence-electron chi connectivity index (χ0n) is 14.5. The molecule has 0 spiro atoms. The first-order valence-corrected chi connectivity index (χ1v) is 9.14. The van der Waals surface area contributed by atoms with Crippen molar-refractivity contribution in [2.24, 2.45) is 0 Å². The Bertz CT molecular complexity index is 1130. The van der Waals surface area contributed by atoms with Crippen LogP contribution in [-0.2, 0) is 6.54 Å². The topological polar surface area (TPSA) is 62.2 Å². The fourth-order valence-corrected chi connectivity index (χ4v) is 3.77. The first-order valence-electron chi connectivity index (χ1n) is 8.39. The number of rotatable bonds is 4. The number of aromatic nitrogens is 3. The highest BCUT2D eigenvalue weighted by Crippen LogP contribution is 2.36. The smallest absolute Gasteiger partial charge is 0.268 e. The number of benzene rings is 1. The highest BCUT2D eigenvalue weighted by atomic mass is 35.5. The summed E-state index contributed by atoms with van der Waals surface area (Å²) in [6.07, 6.45) is 3.64. The second kappa shape index (κ2) is 7.10. The van der Waals surface area contributed by atoms with Crippen LogP contribution in [0.2, 0.25) is 10.0 Å². The first kappa shape index (κ1) is 17.6. The minimum atomic E-state index is -0.249. The van der Waals surface area contributed by atoms with Gasteiger partial charge in [-0.2, -0.15) is 0 Å². The van der Waals surface area contributed by atoms with Gasteiger partial charge >= 0.3 is 0 Å². The molecule has 0 aliphatic heterocycles. The fraction of sp³-hybridized carbons (Fsp3) is 0.100. The van der Waals surface area contributed by atoms with E-state index in [1.54, 1.807) is 30.5 Å². The van der Waals surface area contributed by atoms with Crippen molar-refractivity contribution in [2.45, 2.75) is 13.5 Å². The van der Waals surface area contributed by atoms with E-state index in [1.165, 1.54) is 0 Å². The molecule has 0 saturated carbocycles. The molecule has 3 heterocycles. The highest BCUT2D eigenvalue weighted by Gasteiger charge is 2.19. The number of hydrogen-bond donors (Lipinski definition) is 2. The summed E-state index contributed by atoms with van der Waals surface area (Å²) in [5.41, 5.74) is 3.48. The van der Waals surface area contributed by atoms with E-state index in [-0.39, 0.29) is 5.91 Å². The van der Waals surface area contributed by atoms with Gasteiger partial charge in [-0.3, -0.25) is 4.79 Å². The summed E-state index contributed by atoms with van der Waals surface area (Å²) in [5, 5.41) is 3.91. The lowest BCUT2D eigenvalue weighted by Gasteiger charge is -2.09. The van der Waals surface area contributed by atoms with Gasteiger partial charge in [0.25, 0.3) is 5.91 Å². The Morgan fingerprint density at radius 2 is 1.93 bits per heavy atom. The third kappa shape index (κ3) is 3.20. The van der Waals surface area contributed by atoms with Crippen LogP contribution in [-0.4, -0.2) is 20.3 Å². The summed E-state index contributed by atoms with van der Waals surface area (Å²) in [5.74, 6) is 0.624. The lowest BCUT2D eigenvalue weighted by atomic mass is 10.1. The summed E-state index contributed by atoms with van der Waals surface area (Å²) in [6, 6.07) is 12.9. The van der Waals surface area contributed by atoms with Crippen LogP contribution in [0.3, 0.4) is 0 Å². The molecule has 0 aliphatic rings. The minimum absolute atomic E-state index is 0.249. The summed E-state index contributed by atoms with van der Waals surface area (Å²) in [4.78, 5) is 20.3. The number of aryl methyl sites for hydroxylation is 1. The van der Waals surface area contributed by atoms with Crippen molar-refractivity contribution in [1.29, 1.82) is 0 Å². The van der Waals surface area contributed by atoms with Crippen LogP contribution >= 0.6 is 23.2 Å². The van der Waals surface area contributed by atoms with Gasteiger partial charge in [0.2, 0.25) is 0 Å². The summed E-state index contributed by atoms with van der Waals surface area (Å²) in [7, 11) is 0. The standard InChI is InChI=1S/C20H16Cl2N4O/c1-12-25-16(17-7-2-3-10-26(12)17)11-24-20(27)19-13(8-9-23-19)18-14(21)5-4-6-15(18)22/h2-10,23H,11H2,1H3,(H,24,27). The van der Waals surface area contributed by atoms with E-state index >= 15 is 0 Å². The van der Waals surface area contributed by atoms with E-state index in [2.05, 4.69) is 15.3 Å². The maximum absolute atomic E-state index is 12.8. The Labute approximate surface area is 166 Å². The van der Waals surface area contributed by atoms with E-state index in [9.17, 15) is 4.79 Å². The number of amides is 1. The molecule has 5 nitrogen and oxygen atoms in total. The molecule has 0 atom stereocenters. The van der Waals surface area contributed by atoms with Crippen molar-refractivity contribution < 1.29 is 4.79 Å². The number of hydrogen-bond acceptors (Lipinski definition) is 2. The number of carbonyl (C=O) groups is 1. The van der Waals surface area contributed by atoms with Gasteiger partial charge in [-0.05, 0) is 37.3 Å². The number of aromatic amines is 1. The largest absolute Gasteiger partial charge is 0.357 e. The SMILES string of the molecule is Cc1nc(CNC(=O)c2[nH]ccc2-c2c(Cl)cccc2Cl)c2ccccn12. The summed E-state index contributed by atoms with van der Waals surface area (Å²) >= 11 is 12.6. The monoisotopic (exact) mass is 398 g/mol. The second-order valence-electron chi connectivity index (χ2n) is 6.11. The Morgan fingerprint density at radius 3 is 2.70 bits per heavy atom. The predicted octanol–water partition coefficient (Wildman–Crippen LogP) is 4.87. The number of H-pyrrole nitrogens is 1. The zero-order valence-corrected chi connectivity index (χ0v) is 16.0. The molecular weight excluding hydrogens is 383 g/mol. The average Bonchev–Trinajstić information content (AvgIpc) is 3.25. The molecule has 3 aromatic heterocycles. The van der Waals surface area contributed by atoms with Crippen LogP contribution in [0, 0.1) is 6.92 Å². The maximum Gasteiger partial charge on any atom is 0.268 e. The molecule has 0 saturated heterocycles. The van der Waals surface area contributed by atoms with Crippen molar-refractivity contribution in [2.75, 3.05) is 0 Å². The molecule has 1 aromatic carbocycles. The Morgan fingerprint density at radius 1 is 1.15 bits per heavy atom. The predicted molar refractivity (Wildman–Crippen MR) is 107 cm³/mol. The van der Waals surface area contributed by atoms with Gasteiger partial charge in [0, 0.05) is 33.6 Å². The Kier molecular flexibility index (Phi) is 4.64. The van der Waals surface area contributed by atoms with Crippen LogP contribution in [0.1, 0.15) is 22.0 Å². The fourth-order valence-electron chi connectivity index (χ4n) is 3.17. The molecular formula is C20H16Cl2N4O. The van der Waals surface area contributed by atoms with Crippen LogP contribution in [0.15, 0.2) is 54.9 Å². The lowest BCUT2D eigenvalue weighted by Crippen LogP contribution is -2.24. The normalized spacial score (nSPS) is 11.1. The molecule has 0 aliphatic carbocycles. The van der Waals surface area contributed by atoms with Crippen molar-refractivity contribution in [3.05, 3.63) is 82.1 Å². The van der Waals surface area contributed by atoms with Crippen LogP contribution < -0.4 is 5.32 Å². The van der Waals surface area contributed by atoms with Crippen molar-refractivity contribution in [1.82, 2.24) is 19.7 Å². The van der Waals surface area contributed by atoms with Gasteiger partial charge < -0.3 is 14.7 Å². The van der Waals surface area contributed by atoms with Gasteiger partial charge in [0.15, 0.2) is 0 Å². The molecule has 4 aromatic rings. The van der Waals surface area contributed by atoms with Crippen LogP contribution in [0.5, 0.6) is 0 Å². The molecule has 27 heavy (non-hydrogen) atoms. The molecule has 0 unspecified atom stereocenters. The number of pyridine rings is 1. The van der Waals surface area contributed by atoms with E-state index in [0.717, 1.165) is 17.0 Å². The van der Waals surface area contributed by atoms with Crippen LogP contribution in [0.4, 0.5) is 0 Å². The number of carbonyl (C=O) groups excluding carboxylic acids is 1. The molecule has 2 N–H and O–H groups in total. The number of nitrogens with zero attached hydrogens (tertiary/aromatic N) is 2. The van der Waals surface area contributed by atoms with Crippen molar-refractivity contribution in [3.8, 4) is 11.1 Å². The molecule has 136 valence electrons. The van der Waals surface area contributed by atoms with Crippen molar-refractivity contribution in [3.63, 3.8) is 0 Å². The molecule has 0 bridgehead atoms. The molecule has 7 heteroatoms. The second-order valence-corrected chi connectivity index (χ2v) is 6.92. The van der Waals surface area contributed by atoms with E-state index in [1.807, 2.05) is 35.7 Å². The highest BCUT2D eigenvalue weighted by molar-refractivity contribution is 6.39. The first-order chi connectivity index (χ1) is 13.1. The number of fused-ring (bicyclic) bond motifs is 1.